The van der Waals surface area contributed by atoms with Gasteiger partial charge in [0.05, 0.1) is 0 Å². The predicted molar refractivity (Wildman–Crippen MR) is 67.4 cm³/mol. The monoisotopic (exact) mass is 218 g/mol. The standard InChI is InChI=1S/C14H22N2/c1-12-6-7-13(2)16(11-12)10-8-14-5-3-4-9-15-14/h3-5,9,12-13H,6-8,10-11H2,1-2H3. The molecule has 1 aliphatic heterocycles. The van der Waals surface area contributed by atoms with Gasteiger partial charge in [-0.2, -0.15) is 0 Å². The third kappa shape index (κ3) is 3.05. The highest BCUT2D eigenvalue weighted by molar-refractivity contribution is 5.03. The van der Waals surface area contributed by atoms with E-state index in [1.54, 1.807) is 0 Å². The fourth-order valence-electron chi connectivity index (χ4n) is 2.50. The van der Waals surface area contributed by atoms with Crippen LogP contribution in [0, 0.1) is 5.92 Å². The molecule has 0 saturated carbocycles. The summed E-state index contributed by atoms with van der Waals surface area (Å²) in [6.45, 7) is 7.13. The van der Waals surface area contributed by atoms with E-state index in [-0.39, 0.29) is 0 Å². The van der Waals surface area contributed by atoms with E-state index in [1.807, 2.05) is 12.3 Å². The number of likely N-dealkylation sites (tertiary alicyclic amines) is 1. The van der Waals surface area contributed by atoms with E-state index in [1.165, 1.54) is 25.1 Å². The molecule has 0 aromatic carbocycles. The number of hydrogen-bond acceptors (Lipinski definition) is 2. The first-order valence-electron chi connectivity index (χ1n) is 6.39. The molecule has 1 aliphatic rings. The van der Waals surface area contributed by atoms with Crippen molar-refractivity contribution in [2.24, 2.45) is 5.92 Å². The molecule has 16 heavy (non-hydrogen) atoms. The molecule has 2 heterocycles. The molecule has 1 fully saturated rings. The van der Waals surface area contributed by atoms with Crippen LogP contribution < -0.4 is 0 Å². The highest BCUT2D eigenvalue weighted by Gasteiger charge is 2.22. The summed E-state index contributed by atoms with van der Waals surface area (Å²) < 4.78 is 0. The van der Waals surface area contributed by atoms with Crippen molar-refractivity contribution in [3.8, 4) is 0 Å². The summed E-state index contributed by atoms with van der Waals surface area (Å²) in [5, 5.41) is 0. The topological polar surface area (TPSA) is 16.1 Å². The number of nitrogens with zero attached hydrogens (tertiary/aromatic N) is 2. The maximum Gasteiger partial charge on any atom is 0.0416 e. The van der Waals surface area contributed by atoms with Crippen molar-refractivity contribution in [3.63, 3.8) is 0 Å². The maximum atomic E-state index is 4.38. The zero-order chi connectivity index (χ0) is 11.4. The lowest BCUT2D eigenvalue weighted by molar-refractivity contribution is 0.126. The summed E-state index contributed by atoms with van der Waals surface area (Å²) in [6.07, 6.45) is 5.71. The Balaban J connectivity index is 1.85. The van der Waals surface area contributed by atoms with Gasteiger partial charge in [0.25, 0.3) is 0 Å². The fourth-order valence-corrected chi connectivity index (χ4v) is 2.50. The summed E-state index contributed by atoms with van der Waals surface area (Å²) in [5.74, 6) is 0.861. The number of rotatable bonds is 3. The zero-order valence-electron chi connectivity index (χ0n) is 10.4. The summed E-state index contributed by atoms with van der Waals surface area (Å²) in [6, 6.07) is 6.93. The highest BCUT2D eigenvalue weighted by atomic mass is 15.2. The number of aromatic nitrogens is 1. The van der Waals surface area contributed by atoms with Crippen LogP contribution in [0.25, 0.3) is 0 Å². The average Bonchev–Trinajstić information content (AvgIpc) is 2.32. The van der Waals surface area contributed by atoms with Gasteiger partial charge in [0.15, 0.2) is 0 Å². The zero-order valence-corrected chi connectivity index (χ0v) is 10.4. The molecule has 0 spiro atoms. The lowest BCUT2D eigenvalue weighted by Gasteiger charge is -2.36. The lowest BCUT2D eigenvalue weighted by Crippen LogP contribution is -2.42. The van der Waals surface area contributed by atoms with Gasteiger partial charge in [0.1, 0.15) is 0 Å². The Hall–Kier alpha value is -0.890. The second-order valence-electron chi connectivity index (χ2n) is 5.10. The Morgan fingerprint density at radius 3 is 2.94 bits per heavy atom. The van der Waals surface area contributed by atoms with Crippen LogP contribution in [0.4, 0.5) is 0 Å². The molecule has 2 nitrogen and oxygen atoms in total. The molecule has 1 aromatic heterocycles. The van der Waals surface area contributed by atoms with E-state index in [9.17, 15) is 0 Å². The van der Waals surface area contributed by atoms with Gasteiger partial charge in [0, 0.05) is 37.4 Å². The van der Waals surface area contributed by atoms with Gasteiger partial charge in [-0.15, -0.1) is 0 Å². The smallest absolute Gasteiger partial charge is 0.0416 e. The summed E-state index contributed by atoms with van der Waals surface area (Å²) in [7, 11) is 0. The first-order valence-corrected chi connectivity index (χ1v) is 6.39. The first-order chi connectivity index (χ1) is 7.75. The molecule has 2 rings (SSSR count). The summed E-state index contributed by atoms with van der Waals surface area (Å²) in [4.78, 5) is 6.99. The van der Waals surface area contributed by atoms with Crippen LogP contribution in [-0.2, 0) is 6.42 Å². The van der Waals surface area contributed by atoms with Crippen molar-refractivity contribution in [2.45, 2.75) is 39.2 Å². The van der Waals surface area contributed by atoms with E-state index in [0.717, 1.165) is 24.9 Å². The highest BCUT2D eigenvalue weighted by Crippen LogP contribution is 2.21. The van der Waals surface area contributed by atoms with Crippen molar-refractivity contribution in [1.29, 1.82) is 0 Å². The molecular weight excluding hydrogens is 196 g/mol. The molecular formula is C14H22N2. The predicted octanol–water partition coefficient (Wildman–Crippen LogP) is 2.74. The Labute approximate surface area is 98.7 Å². The van der Waals surface area contributed by atoms with Crippen LogP contribution in [0.3, 0.4) is 0 Å². The van der Waals surface area contributed by atoms with E-state index >= 15 is 0 Å². The molecule has 0 N–H and O–H groups in total. The molecule has 1 saturated heterocycles. The van der Waals surface area contributed by atoms with Gasteiger partial charge in [0.2, 0.25) is 0 Å². The normalized spacial score (nSPS) is 26.9. The molecule has 88 valence electrons. The van der Waals surface area contributed by atoms with Crippen molar-refractivity contribution >= 4 is 0 Å². The maximum absolute atomic E-state index is 4.38. The Kier molecular flexibility index (Phi) is 3.94. The van der Waals surface area contributed by atoms with Crippen molar-refractivity contribution in [1.82, 2.24) is 9.88 Å². The molecule has 2 atom stereocenters. The van der Waals surface area contributed by atoms with E-state index in [4.69, 9.17) is 0 Å². The Morgan fingerprint density at radius 1 is 1.31 bits per heavy atom. The van der Waals surface area contributed by atoms with Gasteiger partial charge in [-0.3, -0.25) is 4.98 Å². The van der Waals surface area contributed by atoms with Gasteiger partial charge in [-0.25, -0.2) is 0 Å². The van der Waals surface area contributed by atoms with Crippen LogP contribution in [0.2, 0.25) is 0 Å². The minimum absolute atomic E-state index is 0.750. The SMILES string of the molecule is CC1CCC(C)N(CCc2ccccn2)C1. The second kappa shape index (κ2) is 5.44. The third-order valence-corrected chi connectivity index (χ3v) is 3.63. The van der Waals surface area contributed by atoms with E-state index in [0.29, 0.717) is 0 Å². The summed E-state index contributed by atoms with van der Waals surface area (Å²) in [5.41, 5.74) is 1.22. The number of piperidine rings is 1. The van der Waals surface area contributed by atoms with Gasteiger partial charge in [-0.05, 0) is 37.8 Å². The second-order valence-corrected chi connectivity index (χ2v) is 5.10. The molecule has 2 heteroatoms. The van der Waals surface area contributed by atoms with E-state index in [2.05, 4.69) is 35.9 Å². The molecule has 0 aliphatic carbocycles. The molecule has 0 amide bonds. The third-order valence-electron chi connectivity index (χ3n) is 3.63. The van der Waals surface area contributed by atoms with Crippen LogP contribution in [0.5, 0.6) is 0 Å². The molecule has 1 aromatic rings. The van der Waals surface area contributed by atoms with Crippen LogP contribution >= 0.6 is 0 Å². The van der Waals surface area contributed by atoms with Crippen LogP contribution in [0.1, 0.15) is 32.4 Å². The molecule has 2 unspecified atom stereocenters. The van der Waals surface area contributed by atoms with Gasteiger partial charge < -0.3 is 4.90 Å². The molecule has 0 radical (unpaired) electrons. The summed E-state index contributed by atoms with van der Waals surface area (Å²) >= 11 is 0. The van der Waals surface area contributed by atoms with Crippen LogP contribution in [0.15, 0.2) is 24.4 Å². The minimum atomic E-state index is 0.750. The minimum Gasteiger partial charge on any atom is -0.300 e. The van der Waals surface area contributed by atoms with Gasteiger partial charge >= 0.3 is 0 Å². The largest absolute Gasteiger partial charge is 0.300 e. The van der Waals surface area contributed by atoms with E-state index < -0.39 is 0 Å². The van der Waals surface area contributed by atoms with Crippen molar-refractivity contribution in [3.05, 3.63) is 30.1 Å². The first kappa shape index (κ1) is 11.6. The fraction of sp³-hybridized carbons (Fsp3) is 0.643. The van der Waals surface area contributed by atoms with Crippen molar-refractivity contribution in [2.75, 3.05) is 13.1 Å². The van der Waals surface area contributed by atoms with Crippen LogP contribution in [-0.4, -0.2) is 29.0 Å². The quantitative estimate of drug-likeness (QED) is 0.775. The van der Waals surface area contributed by atoms with Gasteiger partial charge in [-0.1, -0.05) is 13.0 Å². The number of pyridine rings is 1. The lowest BCUT2D eigenvalue weighted by atomic mass is 9.95. The number of hydrogen-bond donors (Lipinski definition) is 0. The Morgan fingerprint density at radius 2 is 2.19 bits per heavy atom. The Bertz CT molecular complexity index is 310. The van der Waals surface area contributed by atoms with Crippen molar-refractivity contribution < 1.29 is 0 Å². The molecule has 0 bridgehead atoms. The average molecular weight is 218 g/mol.